The Labute approximate surface area is 122 Å². The number of nitro benzene ring substituents is 1. The van der Waals surface area contributed by atoms with Crippen LogP contribution in [0.4, 0.5) is 11.4 Å². The normalized spacial score (nSPS) is 10.0. The molecule has 0 saturated carbocycles. The fraction of sp³-hybridized carbons (Fsp3) is 0.200. The summed E-state index contributed by atoms with van der Waals surface area (Å²) in [6.45, 7) is 0.509. The summed E-state index contributed by atoms with van der Waals surface area (Å²) in [7, 11) is 3.18. The van der Waals surface area contributed by atoms with Crippen LogP contribution in [-0.2, 0) is 6.54 Å². The number of methoxy groups -OCH3 is 2. The highest BCUT2D eigenvalue weighted by atomic mass is 16.6. The molecule has 6 heteroatoms. The monoisotopic (exact) mass is 288 g/mol. The van der Waals surface area contributed by atoms with Gasteiger partial charge in [-0.15, -0.1) is 0 Å². The summed E-state index contributed by atoms with van der Waals surface area (Å²) in [5, 5.41) is 13.9. The second-order valence-electron chi connectivity index (χ2n) is 4.38. The molecule has 0 radical (unpaired) electrons. The van der Waals surface area contributed by atoms with Crippen molar-refractivity contribution in [2.24, 2.45) is 0 Å². The molecule has 2 aromatic rings. The molecule has 6 nitrogen and oxygen atoms in total. The smallest absolute Gasteiger partial charge is 0.271 e. The van der Waals surface area contributed by atoms with Crippen molar-refractivity contribution in [3.05, 3.63) is 58.1 Å². The Morgan fingerprint density at radius 2 is 1.76 bits per heavy atom. The maximum Gasteiger partial charge on any atom is 0.271 e. The van der Waals surface area contributed by atoms with Crippen LogP contribution in [0, 0.1) is 10.1 Å². The lowest BCUT2D eigenvalue weighted by molar-refractivity contribution is -0.384. The first-order valence-corrected chi connectivity index (χ1v) is 6.32. The van der Waals surface area contributed by atoms with E-state index >= 15 is 0 Å². The number of non-ortho nitro benzene ring substituents is 1. The Morgan fingerprint density at radius 1 is 1.10 bits per heavy atom. The van der Waals surface area contributed by atoms with Crippen LogP contribution in [0.25, 0.3) is 0 Å². The van der Waals surface area contributed by atoms with E-state index in [1.807, 2.05) is 12.1 Å². The van der Waals surface area contributed by atoms with E-state index in [9.17, 15) is 10.1 Å². The number of nitrogens with zero attached hydrogens (tertiary/aromatic N) is 1. The van der Waals surface area contributed by atoms with Crippen molar-refractivity contribution in [2.75, 3.05) is 19.5 Å². The molecule has 0 aliphatic heterocycles. The van der Waals surface area contributed by atoms with Gasteiger partial charge >= 0.3 is 0 Å². The second-order valence-corrected chi connectivity index (χ2v) is 4.38. The fourth-order valence-electron chi connectivity index (χ4n) is 1.90. The average molecular weight is 288 g/mol. The molecule has 0 heterocycles. The third-order valence-electron chi connectivity index (χ3n) is 2.96. The molecule has 0 amide bonds. The zero-order valence-electron chi connectivity index (χ0n) is 11.8. The van der Waals surface area contributed by atoms with Crippen molar-refractivity contribution < 1.29 is 14.4 Å². The number of ether oxygens (including phenoxy) is 2. The number of hydrogen-bond acceptors (Lipinski definition) is 5. The summed E-state index contributed by atoms with van der Waals surface area (Å²) < 4.78 is 10.4. The highest BCUT2D eigenvalue weighted by Crippen LogP contribution is 2.24. The van der Waals surface area contributed by atoms with Crippen LogP contribution in [0.2, 0.25) is 0 Å². The van der Waals surface area contributed by atoms with Crippen molar-refractivity contribution in [1.82, 2.24) is 0 Å². The molecular formula is C15H16N2O4. The predicted octanol–water partition coefficient (Wildman–Crippen LogP) is 3.22. The molecule has 21 heavy (non-hydrogen) atoms. The largest absolute Gasteiger partial charge is 0.497 e. The molecular weight excluding hydrogens is 272 g/mol. The summed E-state index contributed by atoms with van der Waals surface area (Å²) >= 11 is 0. The lowest BCUT2D eigenvalue weighted by Gasteiger charge is -2.10. The van der Waals surface area contributed by atoms with Crippen LogP contribution >= 0.6 is 0 Å². The third kappa shape index (κ3) is 3.85. The second kappa shape index (κ2) is 6.60. The minimum Gasteiger partial charge on any atom is -0.497 e. The summed E-state index contributed by atoms with van der Waals surface area (Å²) in [5.74, 6) is 1.40. The van der Waals surface area contributed by atoms with E-state index in [1.54, 1.807) is 32.4 Å². The molecule has 0 unspecified atom stereocenters. The van der Waals surface area contributed by atoms with Gasteiger partial charge in [-0.25, -0.2) is 0 Å². The molecule has 2 aromatic carbocycles. The standard InChI is InChI=1S/C15H16N2O4/c1-20-14-6-11(7-15(9-14)21-2)10-16-12-4-3-5-13(8-12)17(18)19/h3-9,16H,10H2,1-2H3. The number of anilines is 1. The molecule has 1 N–H and O–H groups in total. The van der Waals surface area contributed by atoms with Crippen LogP contribution < -0.4 is 14.8 Å². The molecule has 2 rings (SSSR count). The zero-order chi connectivity index (χ0) is 15.2. The van der Waals surface area contributed by atoms with Gasteiger partial charge in [0, 0.05) is 30.4 Å². The Balaban J connectivity index is 2.12. The van der Waals surface area contributed by atoms with Crippen LogP contribution in [0.3, 0.4) is 0 Å². The summed E-state index contributed by atoms with van der Waals surface area (Å²) in [6, 6.07) is 11.9. The topological polar surface area (TPSA) is 73.6 Å². The van der Waals surface area contributed by atoms with Gasteiger partial charge in [-0.3, -0.25) is 10.1 Å². The quantitative estimate of drug-likeness (QED) is 0.652. The van der Waals surface area contributed by atoms with Crippen molar-refractivity contribution in [3.8, 4) is 11.5 Å². The van der Waals surface area contributed by atoms with Gasteiger partial charge in [0.2, 0.25) is 0 Å². The van der Waals surface area contributed by atoms with Gasteiger partial charge in [-0.2, -0.15) is 0 Å². The molecule has 110 valence electrons. The summed E-state index contributed by atoms with van der Waals surface area (Å²) in [5.41, 5.74) is 1.70. The van der Waals surface area contributed by atoms with E-state index in [0.29, 0.717) is 23.7 Å². The average Bonchev–Trinajstić information content (AvgIpc) is 2.52. The maximum atomic E-state index is 10.7. The number of benzene rings is 2. The lowest BCUT2D eigenvalue weighted by atomic mass is 10.2. The van der Waals surface area contributed by atoms with Crippen LogP contribution in [0.15, 0.2) is 42.5 Å². The van der Waals surface area contributed by atoms with Crippen LogP contribution in [0.1, 0.15) is 5.56 Å². The van der Waals surface area contributed by atoms with E-state index in [-0.39, 0.29) is 5.69 Å². The van der Waals surface area contributed by atoms with E-state index in [1.165, 1.54) is 12.1 Å². The molecule has 0 aliphatic carbocycles. The van der Waals surface area contributed by atoms with E-state index < -0.39 is 4.92 Å². The zero-order valence-corrected chi connectivity index (χ0v) is 11.8. The van der Waals surface area contributed by atoms with Crippen molar-refractivity contribution in [1.29, 1.82) is 0 Å². The Kier molecular flexibility index (Phi) is 4.61. The third-order valence-corrected chi connectivity index (χ3v) is 2.96. The first-order chi connectivity index (χ1) is 10.1. The molecule has 0 spiro atoms. The molecule has 0 saturated heterocycles. The first-order valence-electron chi connectivity index (χ1n) is 6.32. The van der Waals surface area contributed by atoms with Crippen LogP contribution in [0.5, 0.6) is 11.5 Å². The molecule has 0 bridgehead atoms. The minimum absolute atomic E-state index is 0.0585. The Hall–Kier alpha value is -2.76. The van der Waals surface area contributed by atoms with Crippen molar-refractivity contribution in [2.45, 2.75) is 6.54 Å². The lowest BCUT2D eigenvalue weighted by Crippen LogP contribution is -2.01. The van der Waals surface area contributed by atoms with E-state index in [2.05, 4.69) is 5.32 Å². The predicted molar refractivity (Wildman–Crippen MR) is 80.0 cm³/mol. The van der Waals surface area contributed by atoms with Crippen molar-refractivity contribution >= 4 is 11.4 Å². The SMILES string of the molecule is COc1cc(CNc2cccc([N+](=O)[O-])c2)cc(OC)c1. The highest BCUT2D eigenvalue weighted by Gasteiger charge is 2.06. The van der Waals surface area contributed by atoms with Gasteiger partial charge in [0.25, 0.3) is 5.69 Å². The van der Waals surface area contributed by atoms with E-state index in [0.717, 1.165) is 5.56 Å². The summed E-state index contributed by atoms with van der Waals surface area (Å²) in [6.07, 6.45) is 0. The van der Waals surface area contributed by atoms with Gasteiger partial charge in [0.1, 0.15) is 11.5 Å². The number of nitrogens with one attached hydrogen (secondary N) is 1. The number of nitro groups is 1. The Morgan fingerprint density at radius 3 is 2.33 bits per heavy atom. The molecule has 0 atom stereocenters. The fourth-order valence-corrected chi connectivity index (χ4v) is 1.90. The molecule has 0 aliphatic rings. The Bertz CT molecular complexity index is 621. The number of rotatable bonds is 6. The molecule has 0 fully saturated rings. The summed E-state index contributed by atoms with van der Waals surface area (Å²) in [4.78, 5) is 10.3. The van der Waals surface area contributed by atoms with Gasteiger partial charge < -0.3 is 14.8 Å². The van der Waals surface area contributed by atoms with Gasteiger partial charge in [-0.05, 0) is 23.8 Å². The number of hydrogen-bond donors (Lipinski definition) is 1. The van der Waals surface area contributed by atoms with E-state index in [4.69, 9.17) is 9.47 Å². The van der Waals surface area contributed by atoms with Gasteiger partial charge in [0.15, 0.2) is 0 Å². The van der Waals surface area contributed by atoms with Gasteiger partial charge in [-0.1, -0.05) is 6.07 Å². The first kappa shape index (κ1) is 14.6. The maximum absolute atomic E-state index is 10.7. The van der Waals surface area contributed by atoms with Crippen LogP contribution in [-0.4, -0.2) is 19.1 Å². The minimum atomic E-state index is -0.417. The molecule has 0 aromatic heterocycles. The van der Waals surface area contributed by atoms with Gasteiger partial charge in [0.05, 0.1) is 19.1 Å². The highest BCUT2D eigenvalue weighted by molar-refractivity contribution is 5.51. The van der Waals surface area contributed by atoms with Crippen molar-refractivity contribution in [3.63, 3.8) is 0 Å².